The van der Waals surface area contributed by atoms with Crippen molar-refractivity contribution in [2.45, 2.75) is 69.6 Å². The lowest BCUT2D eigenvalue weighted by molar-refractivity contribution is -0.150. The average Bonchev–Trinajstić information content (AvgIpc) is 3.64. The second-order valence-corrected chi connectivity index (χ2v) is 21.3. The number of carbonyl (C=O) groups is 3. The number of carbonyl (C=O) groups excluding carboxylic acids is 3. The van der Waals surface area contributed by atoms with E-state index >= 15 is 4.79 Å². The van der Waals surface area contributed by atoms with E-state index in [0.717, 1.165) is 47.1 Å². The zero-order valence-corrected chi connectivity index (χ0v) is 34.9. The van der Waals surface area contributed by atoms with Gasteiger partial charge in [0.25, 0.3) is 5.91 Å². The molecule has 0 aromatic heterocycles. The van der Waals surface area contributed by atoms with Crippen LogP contribution >= 0.6 is 11.6 Å². The van der Waals surface area contributed by atoms with Crippen LogP contribution in [-0.2, 0) is 37.8 Å². The smallest absolute Gasteiger partial charge is 0.264 e. The van der Waals surface area contributed by atoms with Crippen LogP contribution < -0.4 is 25.5 Å². The SMILES string of the molecule is COc1ccc([Si](C)(C)[C@@H]2[C@@H](CC(=O)N(CCO)Cc3ccccc3)O[C@]3(C(=O)N(Cc4ccc(NC(=O)C5CCCNC5)cc4)c4ccc(Cl)cc43)[C@H]2C)cc1. The van der Waals surface area contributed by atoms with Gasteiger partial charge in [-0.25, -0.2) is 0 Å². The van der Waals surface area contributed by atoms with Gasteiger partial charge in [-0.1, -0.05) is 91.4 Å². The number of hydrogen-bond acceptors (Lipinski definition) is 7. The fraction of sp³-hybridized carbons (Fsp3) is 0.400. The third kappa shape index (κ3) is 8.13. The molecule has 0 saturated carbocycles. The van der Waals surface area contributed by atoms with Crippen LogP contribution in [0.5, 0.6) is 5.75 Å². The lowest BCUT2D eigenvalue weighted by Crippen LogP contribution is -2.52. The Kier molecular flexibility index (Phi) is 12.2. The Morgan fingerprint density at radius 3 is 2.44 bits per heavy atom. The van der Waals surface area contributed by atoms with Gasteiger partial charge in [0.1, 0.15) is 5.75 Å². The highest BCUT2D eigenvalue weighted by Crippen LogP contribution is 2.60. The number of nitrogens with zero attached hydrogens (tertiary/aromatic N) is 2. The topological polar surface area (TPSA) is 120 Å². The van der Waals surface area contributed by atoms with Crippen molar-refractivity contribution in [3.8, 4) is 5.75 Å². The molecular weight excluding hydrogens is 756 g/mol. The standard InChI is InChI=1S/C45H53ClN4O6Si/c1-30-42(57(3,4)37-19-17-36(55-2)18-20-37)40(26-41(52)49(23-24-51)28-31-9-6-5-7-10-31)56-45(30)38-25-34(46)14-21-39(38)50(44(45)54)29-32-12-15-35(16-13-32)48-43(53)33-11-8-22-47-27-33/h5-7,9-10,12-21,25,30,33,40,42,47,51H,8,11,22-24,26-29H2,1-4H3,(H,48,53)/t30-,33?,40+,42-,45+/m0/s1. The fourth-order valence-electron chi connectivity index (χ4n) is 9.36. The Morgan fingerprint density at radius 1 is 1.04 bits per heavy atom. The van der Waals surface area contributed by atoms with E-state index in [-0.39, 0.29) is 61.2 Å². The quantitative estimate of drug-likeness (QED) is 0.133. The molecule has 3 heterocycles. The van der Waals surface area contributed by atoms with Gasteiger partial charge in [0.15, 0.2) is 5.60 Å². The van der Waals surface area contributed by atoms with E-state index in [1.165, 1.54) is 0 Å². The summed E-state index contributed by atoms with van der Waals surface area (Å²) in [6.07, 6.45) is 1.28. The number of anilines is 2. The minimum Gasteiger partial charge on any atom is -0.497 e. The number of piperidine rings is 1. The van der Waals surface area contributed by atoms with E-state index < -0.39 is 19.8 Å². The van der Waals surface area contributed by atoms with E-state index in [1.54, 1.807) is 23.0 Å². The first-order valence-corrected chi connectivity index (χ1v) is 23.4. The largest absolute Gasteiger partial charge is 0.497 e. The van der Waals surface area contributed by atoms with Crippen molar-refractivity contribution in [2.24, 2.45) is 11.8 Å². The number of aliphatic hydroxyl groups excluding tert-OH is 1. The summed E-state index contributed by atoms with van der Waals surface area (Å²) in [7, 11) is -0.887. The molecule has 7 rings (SSSR count). The number of halogens is 1. The van der Waals surface area contributed by atoms with Crippen molar-refractivity contribution in [1.29, 1.82) is 0 Å². The average molecular weight is 809 g/mol. The van der Waals surface area contributed by atoms with Crippen LogP contribution in [-0.4, -0.2) is 75.3 Å². The maximum atomic E-state index is 15.3. The molecule has 4 aromatic rings. The van der Waals surface area contributed by atoms with Crippen molar-refractivity contribution in [1.82, 2.24) is 10.2 Å². The lowest BCUT2D eigenvalue weighted by Gasteiger charge is -2.37. The summed E-state index contributed by atoms with van der Waals surface area (Å²) in [5.41, 5.74) is 2.43. The minimum atomic E-state index is -2.53. The molecule has 2 saturated heterocycles. The molecule has 3 amide bonds. The van der Waals surface area contributed by atoms with Crippen molar-refractivity contribution < 1.29 is 29.0 Å². The van der Waals surface area contributed by atoms with E-state index in [0.29, 0.717) is 29.4 Å². The molecule has 1 unspecified atom stereocenters. The van der Waals surface area contributed by atoms with Crippen LogP contribution in [0.4, 0.5) is 11.4 Å². The summed E-state index contributed by atoms with van der Waals surface area (Å²) < 4.78 is 12.7. The summed E-state index contributed by atoms with van der Waals surface area (Å²) in [5.74, 6) is 0.0350. The molecular formula is C45H53ClN4O6Si. The number of fused-ring (bicyclic) bond motifs is 2. The summed E-state index contributed by atoms with van der Waals surface area (Å²) in [5, 5.41) is 18.0. The zero-order valence-electron chi connectivity index (χ0n) is 33.2. The van der Waals surface area contributed by atoms with E-state index in [1.807, 2.05) is 78.9 Å². The highest BCUT2D eigenvalue weighted by Gasteiger charge is 2.66. The van der Waals surface area contributed by atoms with Crippen molar-refractivity contribution >= 4 is 54.0 Å². The Hall–Kier alpha value is -4.52. The van der Waals surface area contributed by atoms with Gasteiger partial charge in [0, 0.05) is 41.8 Å². The maximum absolute atomic E-state index is 15.3. The highest BCUT2D eigenvalue weighted by atomic mass is 35.5. The molecule has 0 radical (unpaired) electrons. The first-order chi connectivity index (χ1) is 27.5. The van der Waals surface area contributed by atoms with Crippen LogP contribution in [0.25, 0.3) is 0 Å². The first kappa shape index (κ1) is 40.7. The Morgan fingerprint density at radius 2 is 1.77 bits per heavy atom. The zero-order chi connectivity index (χ0) is 40.3. The third-order valence-corrected chi connectivity index (χ3v) is 16.9. The number of ether oxygens (including phenoxy) is 2. The summed E-state index contributed by atoms with van der Waals surface area (Å²) in [6, 6.07) is 31.0. The molecule has 3 N–H and O–H groups in total. The Bertz CT molecular complexity index is 2060. The molecule has 1 spiro atoms. The predicted molar refractivity (Wildman–Crippen MR) is 226 cm³/mol. The highest BCUT2D eigenvalue weighted by molar-refractivity contribution is 6.91. The fourth-order valence-corrected chi connectivity index (χ4v) is 13.5. The summed E-state index contributed by atoms with van der Waals surface area (Å²) >= 11 is 6.72. The van der Waals surface area contributed by atoms with Gasteiger partial charge in [-0.2, -0.15) is 0 Å². The van der Waals surface area contributed by atoms with Crippen molar-refractivity contribution in [3.63, 3.8) is 0 Å². The molecule has 12 heteroatoms. The van der Waals surface area contributed by atoms with E-state index in [9.17, 15) is 14.7 Å². The molecule has 3 aliphatic rings. The van der Waals surface area contributed by atoms with Crippen LogP contribution in [0.15, 0.2) is 97.1 Å². The number of amides is 3. The van der Waals surface area contributed by atoms with Crippen molar-refractivity contribution in [2.75, 3.05) is 43.6 Å². The monoisotopic (exact) mass is 808 g/mol. The second kappa shape index (κ2) is 17.1. The van der Waals surface area contributed by atoms with Crippen LogP contribution in [0.3, 0.4) is 0 Å². The predicted octanol–water partition coefficient (Wildman–Crippen LogP) is 6.46. The molecule has 3 aliphatic heterocycles. The first-order valence-electron chi connectivity index (χ1n) is 19.9. The Balaban J connectivity index is 1.21. The van der Waals surface area contributed by atoms with E-state index in [4.69, 9.17) is 21.1 Å². The Labute approximate surface area is 341 Å². The molecule has 0 aliphatic carbocycles. The maximum Gasteiger partial charge on any atom is 0.264 e. The van der Waals surface area contributed by atoms with Crippen LogP contribution in [0.1, 0.15) is 42.9 Å². The minimum absolute atomic E-state index is 0.00744. The third-order valence-electron chi connectivity index (χ3n) is 12.3. The summed E-state index contributed by atoms with van der Waals surface area (Å²) in [4.78, 5) is 46.0. The van der Waals surface area contributed by atoms with Gasteiger partial charge < -0.3 is 35.0 Å². The molecule has 4 aromatic carbocycles. The molecule has 2 fully saturated rings. The van der Waals surface area contributed by atoms with Gasteiger partial charge >= 0.3 is 0 Å². The molecule has 5 atom stereocenters. The van der Waals surface area contributed by atoms with Gasteiger partial charge in [-0.3, -0.25) is 14.4 Å². The van der Waals surface area contributed by atoms with Crippen molar-refractivity contribution in [3.05, 3.63) is 119 Å². The number of nitrogens with one attached hydrogen (secondary N) is 2. The normalized spacial score (nSPS) is 23.1. The molecule has 0 bridgehead atoms. The number of rotatable bonds is 13. The molecule has 10 nitrogen and oxygen atoms in total. The number of methoxy groups -OCH3 is 1. The second-order valence-electron chi connectivity index (χ2n) is 16.2. The van der Waals surface area contributed by atoms with Crippen LogP contribution in [0.2, 0.25) is 23.7 Å². The molecule has 300 valence electrons. The lowest BCUT2D eigenvalue weighted by atomic mass is 9.82. The number of hydrogen-bond donors (Lipinski definition) is 3. The van der Waals surface area contributed by atoms with E-state index in [2.05, 4.69) is 42.8 Å². The van der Waals surface area contributed by atoms with Gasteiger partial charge in [-0.15, -0.1) is 0 Å². The van der Waals surface area contributed by atoms with Gasteiger partial charge in [0.05, 0.1) is 52.5 Å². The van der Waals surface area contributed by atoms with Gasteiger partial charge in [-0.05, 0) is 78.5 Å². The number of benzene rings is 4. The van der Waals surface area contributed by atoms with Crippen LogP contribution in [0, 0.1) is 11.8 Å². The van der Waals surface area contributed by atoms with Gasteiger partial charge in [0.2, 0.25) is 11.8 Å². The number of aliphatic hydroxyl groups is 1. The molecule has 57 heavy (non-hydrogen) atoms. The summed E-state index contributed by atoms with van der Waals surface area (Å²) in [6.45, 7) is 8.91.